The van der Waals surface area contributed by atoms with Crippen molar-refractivity contribution in [2.45, 2.75) is 13.0 Å². The maximum Gasteiger partial charge on any atom is 0.138 e. The zero-order valence-corrected chi connectivity index (χ0v) is 12.6. The van der Waals surface area contributed by atoms with Crippen molar-refractivity contribution in [3.63, 3.8) is 0 Å². The van der Waals surface area contributed by atoms with Crippen LogP contribution in [0, 0.1) is 6.92 Å². The first kappa shape index (κ1) is 13.3. The van der Waals surface area contributed by atoms with E-state index >= 15 is 0 Å². The normalized spacial score (nSPS) is 12.5. The van der Waals surface area contributed by atoms with Gasteiger partial charge in [0.1, 0.15) is 17.0 Å². The SMILES string of the molecule is Cc1cc2c(NC(CCl)c3ccccc3)ncnc2s1. The number of nitrogens with zero attached hydrogens (tertiary/aromatic N) is 2. The topological polar surface area (TPSA) is 37.8 Å². The summed E-state index contributed by atoms with van der Waals surface area (Å²) in [5.74, 6) is 1.33. The van der Waals surface area contributed by atoms with Crippen LogP contribution in [0.15, 0.2) is 42.7 Å². The third kappa shape index (κ3) is 2.62. The Balaban J connectivity index is 1.95. The second-order valence-electron chi connectivity index (χ2n) is 4.56. The van der Waals surface area contributed by atoms with Crippen molar-refractivity contribution >= 4 is 39.0 Å². The van der Waals surface area contributed by atoms with E-state index < -0.39 is 0 Å². The fourth-order valence-electron chi connectivity index (χ4n) is 2.15. The van der Waals surface area contributed by atoms with E-state index in [9.17, 15) is 0 Å². The summed E-state index contributed by atoms with van der Waals surface area (Å²) in [6.07, 6.45) is 1.59. The summed E-state index contributed by atoms with van der Waals surface area (Å²) in [7, 11) is 0. The highest BCUT2D eigenvalue weighted by Crippen LogP contribution is 2.30. The van der Waals surface area contributed by atoms with Crippen molar-refractivity contribution in [1.29, 1.82) is 0 Å². The second-order valence-corrected chi connectivity index (χ2v) is 6.10. The van der Waals surface area contributed by atoms with Crippen LogP contribution in [0.2, 0.25) is 0 Å². The zero-order chi connectivity index (χ0) is 13.9. The molecule has 3 rings (SSSR count). The van der Waals surface area contributed by atoms with Crippen LogP contribution in [0.4, 0.5) is 5.82 Å². The molecule has 2 heterocycles. The van der Waals surface area contributed by atoms with Crippen LogP contribution in [0.5, 0.6) is 0 Å². The number of hydrogen-bond acceptors (Lipinski definition) is 4. The number of rotatable bonds is 4. The minimum Gasteiger partial charge on any atom is -0.361 e. The highest BCUT2D eigenvalue weighted by Gasteiger charge is 2.13. The van der Waals surface area contributed by atoms with Gasteiger partial charge in [-0.3, -0.25) is 0 Å². The molecule has 0 aliphatic carbocycles. The molecular weight excluding hydrogens is 290 g/mol. The lowest BCUT2D eigenvalue weighted by molar-refractivity contribution is 0.884. The molecule has 0 saturated carbocycles. The first-order chi connectivity index (χ1) is 9.78. The zero-order valence-electron chi connectivity index (χ0n) is 11.0. The molecule has 0 radical (unpaired) electrons. The standard InChI is InChI=1S/C15H14ClN3S/c1-10-7-12-14(17-9-18-15(12)20-10)19-13(8-16)11-5-3-2-4-6-11/h2-7,9,13H,8H2,1H3,(H,17,18,19). The average Bonchev–Trinajstić information content (AvgIpc) is 2.86. The molecular formula is C15H14ClN3S. The van der Waals surface area contributed by atoms with E-state index in [1.165, 1.54) is 4.88 Å². The molecule has 0 saturated heterocycles. The smallest absolute Gasteiger partial charge is 0.138 e. The van der Waals surface area contributed by atoms with E-state index in [1.54, 1.807) is 17.7 Å². The molecule has 1 N–H and O–H groups in total. The summed E-state index contributed by atoms with van der Waals surface area (Å²) in [6.45, 7) is 2.08. The number of benzene rings is 1. The van der Waals surface area contributed by atoms with Gasteiger partial charge in [0.15, 0.2) is 0 Å². The van der Waals surface area contributed by atoms with Crippen molar-refractivity contribution < 1.29 is 0 Å². The number of halogens is 1. The molecule has 1 unspecified atom stereocenters. The molecule has 1 aromatic carbocycles. The number of anilines is 1. The Morgan fingerprint density at radius 2 is 2.05 bits per heavy atom. The lowest BCUT2D eigenvalue weighted by Crippen LogP contribution is -2.13. The third-order valence-electron chi connectivity index (χ3n) is 3.12. The fraction of sp³-hybridized carbons (Fsp3) is 0.200. The molecule has 0 spiro atoms. The van der Waals surface area contributed by atoms with Crippen LogP contribution >= 0.6 is 22.9 Å². The van der Waals surface area contributed by atoms with Crippen molar-refractivity contribution in [3.05, 3.63) is 53.2 Å². The highest BCUT2D eigenvalue weighted by atomic mass is 35.5. The summed E-state index contributed by atoms with van der Waals surface area (Å²) < 4.78 is 0. The van der Waals surface area contributed by atoms with Gasteiger partial charge in [0.05, 0.1) is 11.4 Å². The number of hydrogen-bond donors (Lipinski definition) is 1. The monoisotopic (exact) mass is 303 g/mol. The quantitative estimate of drug-likeness (QED) is 0.726. The Bertz CT molecular complexity index is 711. The van der Waals surface area contributed by atoms with Gasteiger partial charge in [-0.1, -0.05) is 30.3 Å². The molecule has 1 atom stereocenters. The Morgan fingerprint density at radius 3 is 2.80 bits per heavy atom. The van der Waals surface area contributed by atoms with E-state index in [-0.39, 0.29) is 6.04 Å². The van der Waals surface area contributed by atoms with Gasteiger partial charge < -0.3 is 5.32 Å². The maximum absolute atomic E-state index is 6.11. The Kier molecular flexibility index (Phi) is 3.85. The lowest BCUT2D eigenvalue weighted by Gasteiger charge is -2.17. The number of aromatic nitrogens is 2. The van der Waals surface area contributed by atoms with Crippen LogP contribution in [0.25, 0.3) is 10.2 Å². The van der Waals surface area contributed by atoms with E-state index in [4.69, 9.17) is 11.6 Å². The highest BCUT2D eigenvalue weighted by molar-refractivity contribution is 7.18. The predicted octanol–water partition coefficient (Wildman–Crippen LogP) is 4.39. The van der Waals surface area contributed by atoms with Gasteiger partial charge >= 0.3 is 0 Å². The summed E-state index contributed by atoms with van der Waals surface area (Å²) >= 11 is 7.78. The Labute approximate surface area is 126 Å². The van der Waals surface area contributed by atoms with Gasteiger partial charge in [-0.25, -0.2) is 9.97 Å². The molecule has 0 aliphatic heterocycles. The summed E-state index contributed by atoms with van der Waals surface area (Å²) in [5, 5.41) is 4.48. The number of nitrogens with one attached hydrogen (secondary N) is 1. The first-order valence-corrected chi connectivity index (χ1v) is 7.71. The van der Waals surface area contributed by atoms with Crippen molar-refractivity contribution in [1.82, 2.24) is 9.97 Å². The van der Waals surface area contributed by atoms with Crippen LogP contribution in [-0.4, -0.2) is 15.8 Å². The van der Waals surface area contributed by atoms with Crippen molar-refractivity contribution in [2.24, 2.45) is 0 Å². The van der Waals surface area contributed by atoms with E-state index in [1.807, 2.05) is 18.2 Å². The minimum atomic E-state index is 0.0381. The van der Waals surface area contributed by atoms with Crippen molar-refractivity contribution in [2.75, 3.05) is 11.2 Å². The van der Waals surface area contributed by atoms with Gasteiger partial charge in [0, 0.05) is 10.8 Å². The molecule has 102 valence electrons. The number of alkyl halides is 1. The van der Waals surface area contributed by atoms with E-state index in [0.29, 0.717) is 5.88 Å². The van der Waals surface area contributed by atoms with Gasteiger partial charge in [0.25, 0.3) is 0 Å². The molecule has 0 aliphatic rings. The number of thiophene rings is 1. The van der Waals surface area contributed by atoms with Crippen LogP contribution < -0.4 is 5.32 Å². The predicted molar refractivity (Wildman–Crippen MR) is 85.7 cm³/mol. The van der Waals surface area contributed by atoms with Crippen LogP contribution in [0.3, 0.4) is 0 Å². The molecule has 0 fully saturated rings. The number of fused-ring (bicyclic) bond motifs is 1. The molecule has 0 amide bonds. The molecule has 2 aromatic heterocycles. The molecule has 5 heteroatoms. The summed E-state index contributed by atoms with van der Waals surface area (Å²) in [5.41, 5.74) is 1.15. The molecule has 3 aromatic rings. The molecule has 0 bridgehead atoms. The van der Waals surface area contributed by atoms with E-state index in [0.717, 1.165) is 21.6 Å². The maximum atomic E-state index is 6.11. The van der Waals surface area contributed by atoms with Gasteiger partial charge in [-0.05, 0) is 18.6 Å². The summed E-state index contributed by atoms with van der Waals surface area (Å²) in [4.78, 5) is 10.9. The largest absolute Gasteiger partial charge is 0.361 e. The van der Waals surface area contributed by atoms with Gasteiger partial charge in [0.2, 0.25) is 0 Å². The average molecular weight is 304 g/mol. The van der Waals surface area contributed by atoms with Crippen LogP contribution in [0.1, 0.15) is 16.5 Å². The number of aryl methyl sites for hydroxylation is 1. The Hall–Kier alpha value is -1.65. The fourth-order valence-corrected chi connectivity index (χ4v) is 3.25. The van der Waals surface area contributed by atoms with Crippen molar-refractivity contribution in [3.8, 4) is 0 Å². The van der Waals surface area contributed by atoms with E-state index in [2.05, 4.69) is 40.4 Å². The first-order valence-electron chi connectivity index (χ1n) is 6.36. The van der Waals surface area contributed by atoms with Gasteiger partial charge in [-0.2, -0.15) is 0 Å². The lowest BCUT2D eigenvalue weighted by atomic mass is 10.1. The Morgan fingerprint density at radius 1 is 1.25 bits per heavy atom. The third-order valence-corrected chi connectivity index (χ3v) is 4.39. The second kappa shape index (κ2) is 5.77. The minimum absolute atomic E-state index is 0.0381. The molecule has 20 heavy (non-hydrogen) atoms. The van der Waals surface area contributed by atoms with Gasteiger partial charge in [-0.15, -0.1) is 22.9 Å². The van der Waals surface area contributed by atoms with Crippen LogP contribution in [-0.2, 0) is 0 Å². The summed E-state index contributed by atoms with van der Waals surface area (Å²) in [6, 6.07) is 12.3. The molecule has 3 nitrogen and oxygen atoms in total.